The minimum absolute atomic E-state index is 0.0824. The fourth-order valence-electron chi connectivity index (χ4n) is 4.42. The number of fused-ring (bicyclic) bond motifs is 3. The summed E-state index contributed by atoms with van der Waals surface area (Å²) in [5, 5.41) is 14.7. The highest BCUT2D eigenvalue weighted by Crippen LogP contribution is 2.44. The fourth-order valence-corrected chi connectivity index (χ4v) is 4.42. The molecule has 2 aromatic carbocycles. The molecule has 1 unspecified atom stereocenters. The van der Waals surface area contributed by atoms with E-state index >= 15 is 0 Å². The number of alkyl carbamates (subject to hydrolysis) is 1. The number of nitrogens with one attached hydrogen (secondary N) is 2. The molecule has 0 spiro atoms. The summed E-state index contributed by atoms with van der Waals surface area (Å²) < 4.78 is 5.57. The fraction of sp³-hybridized carbons (Fsp3) is 0.444. The monoisotopic (exact) mass is 466 g/mol. The molecule has 0 heterocycles. The van der Waals surface area contributed by atoms with E-state index in [2.05, 4.69) is 22.8 Å². The average Bonchev–Trinajstić information content (AvgIpc) is 3.13. The van der Waals surface area contributed by atoms with Gasteiger partial charge in [0.05, 0.1) is 0 Å². The minimum Gasteiger partial charge on any atom is -0.480 e. The average molecular weight is 467 g/mol. The molecule has 0 bridgehead atoms. The first-order chi connectivity index (χ1) is 16.3. The molecule has 7 heteroatoms. The summed E-state index contributed by atoms with van der Waals surface area (Å²) in [6.45, 7) is 5.97. The van der Waals surface area contributed by atoms with Crippen molar-refractivity contribution in [2.75, 3.05) is 6.61 Å². The maximum atomic E-state index is 12.8. The quantitative estimate of drug-likeness (QED) is 0.445. The number of hydrogen-bond donors (Lipinski definition) is 3. The Hall–Kier alpha value is -3.35. The summed E-state index contributed by atoms with van der Waals surface area (Å²) in [4.78, 5) is 37.0. The molecule has 34 heavy (non-hydrogen) atoms. The van der Waals surface area contributed by atoms with E-state index in [0.717, 1.165) is 28.7 Å². The van der Waals surface area contributed by atoms with Gasteiger partial charge in [-0.3, -0.25) is 4.79 Å². The van der Waals surface area contributed by atoms with Crippen LogP contribution >= 0.6 is 0 Å². The summed E-state index contributed by atoms with van der Waals surface area (Å²) in [5.74, 6) is -1.55. The van der Waals surface area contributed by atoms with Crippen LogP contribution < -0.4 is 10.6 Å². The Morgan fingerprint density at radius 1 is 0.941 bits per heavy atom. The largest absolute Gasteiger partial charge is 0.480 e. The van der Waals surface area contributed by atoms with Crippen LogP contribution in [0.15, 0.2) is 48.5 Å². The van der Waals surface area contributed by atoms with E-state index in [4.69, 9.17) is 4.74 Å². The molecular formula is C27H34N2O5. The number of carboxylic acids is 1. The van der Waals surface area contributed by atoms with Crippen molar-refractivity contribution in [3.8, 4) is 11.1 Å². The Labute approximate surface area is 200 Å². The van der Waals surface area contributed by atoms with Gasteiger partial charge in [0.2, 0.25) is 5.91 Å². The van der Waals surface area contributed by atoms with Crippen LogP contribution in [0.5, 0.6) is 0 Å². The zero-order chi connectivity index (χ0) is 24.7. The first-order valence-electron chi connectivity index (χ1n) is 12.0. The molecule has 0 fully saturated rings. The predicted molar refractivity (Wildman–Crippen MR) is 131 cm³/mol. The third-order valence-corrected chi connectivity index (χ3v) is 6.12. The van der Waals surface area contributed by atoms with Gasteiger partial charge >= 0.3 is 12.1 Å². The van der Waals surface area contributed by atoms with Gasteiger partial charge in [-0.1, -0.05) is 82.1 Å². The molecule has 2 aromatic rings. The van der Waals surface area contributed by atoms with E-state index in [1.165, 1.54) is 0 Å². The molecule has 2 atom stereocenters. The van der Waals surface area contributed by atoms with E-state index in [0.29, 0.717) is 19.3 Å². The van der Waals surface area contributed by atoms with E-state index < -0.39 is 30.1 Å². The van der Waals surface area contributed by atoms with Gasteiger partial charge in [-0.15, -0.1) is 0 Å². The van der Waals surface area contributed by atoms with Crippen molar-refractivity contribution in [1.29, 1.82) is 0 Å². The molecule has 0 aliphatic heterocycles. The number of benzene rings is 2. The summed E-state index contributed by atoms with van der Waals surface area (Å²) >= 11 is 0. The Kier molecular flexibility index (Phi) is 8.68. The van der Waals surface area contributed by atoms with Gasteiger partial charge in [0.1, 0.15) is 18.7 Å². The van der Waals surface area contributed by atoms with E-state index in [1.54, 1.807) is 0 Å². The van der Waals surface area contributed by atoms with Crippen LogP contribution in [0.3, 0.4) is 0 Å². The van der Waals surface area contributed by atoms with E-state index in [-0.39, 0.29) is 18.4 Å². The predicted octanol–water partition coefficient (Wildman–Crippen LogP) is 4.70. The number of hydrogen-bond acceptors (Lipinski definition) is 4. The molecule has 1 aliphatic rings. The lowest BCUT2D eigenvalue weighted by atomic mass is 9.98. The van der Waals surface area contributed by atoms with Crippen molar-refractivity contribution in [3.63, 3.8) is 0 Å². The third kappa shape index (κ3) is 6.16. The van der Waals surface area contributed by atoms with Crippen LogP contribution in [0.25, 0.3) is 11.1 Å². The molecule has 2 amide bonds. The number of aliphatic carboxylic acids is 1. The molecule has 7 nitrogen and oxygen atoms in total. The van der Waals surface area contributed by atoms with Crippen molar-refractivity contribution in [1.82, 2.24) is 10.6 Å². The van der Waals surface area contributed by atoms with Crippen LogP contribution in [-0.4, -0.2) is 41.8 Å². The number of carbonyl (C=O) groups excluding carboxylic acids is 2. The van der Waals surface area contributed by atoms with Crippen LogP contribution in [0, 0.1) is 5.92 Å². The molecule has 1 aliphatic carbocycles. The van der Waals surface area contributed by atoms with E-state index in [1.807, 2.05) is 57.2 Å². The van der Waals surface area contributed by atoms with Gasteiger partial charge in [0.15, 0.2) is 0 Å². The van der Waals surface area contributed by atoms with Crippen molar-refractivity contribution >= 4 is 18.0 Å². The third-order valence-electron chi connectivity index (χ3n) is 6.12. The number of unbranched alkanes of at least 4 members (excludes halogenated alkanes) is 1. The summed E-state index contributed by atoms with van der Waals surface area (Å²) in [5.41, 5.74) is 4.48. The number of carbonyl (C=O) groups is 3. The van der Waals surface area contributed by atoms with Gasteiger partial charge < -0.3 is 20.5 Å². The van der Waals surface area contributed by atoms with Gasteiger partial charge in [-0.05, 0) is 41.0 Å². The van der Waals surface area contributed by atoms with E-state index in [9.17, 15) is 19.5 Å². The molecule has 0 saturated carbocycles. The Bertz CT molecular complexity index is 974. The lowest BCUT2D eigenvalue weighted by Gasteiger charge is -2.23. The second-order valence-electron chi connectivity index (χ2n) is 9.19. The van der Waals surface area contributed by atoms with Crippen molar-refractivity contribution in [2.24, 2.45) is 5.92 Å². The summed E-state index contributed by atoms with van der Waals surface area (Å²) in [6, 6.07) is 14.3. The minimum atomic E-state index is -1.08. The second kappa shape index (κ2) is 11.7. The van der Waals surface area contributed by atoms with Crippen molar-refractivity contribution < 1.29 is 24.2 Å². The van der Waals surface area contributed by atoms with Gasteiger partial charge in [0, 0.05) is 5.92 Å². The molecular weight excluding hydrogens is 432 g/mol. The molecule has 0 saturated heterocycles. The van der Waals surface area contributed by atoms with Crippen LogP contribution in [0.1, 0.15) is 63.5 Å². The standard InChI is InChI=1S/C27H34N2O5/c1-4-5-14-23(26(31)32)28-25(30)24(15-17(2)3)29-27(33)34-16-22-20-12-8-6-10-18(20)19-11-7-9-13-21(19)22/h6-13,17,22-24H,4-5,14-16H2,1-3H3,(H,28,30)(H,29,33)(H,31,32)/t23-,24?/m0/s1. The maximum Gasteiger partial charge on any atom is 0.407 e. The van der Waals surface area contributed by atoms with Gasteiger partial charge in [-0.2, -0.15) is 0 Å². The van der Waals surface area contributed by atoms with Gasteiger partial charge in [0.25, 0.3) is 0 Å². The molecule has 3 rings (SSSR count). The number of ether oxygens (including phenoxy) is 1. The summed E-state index contributed by atoms with van der Waals surface area (Å²) in [6.07, 6.45) is 1.54. The SMILES string of the molecule is CCCC[C@H](NC(=O)C(CC(C)C)NC(=O)OCC1c2ccccc2-c2ccccc21)C(=O)O. The highest BCUT2D eigenvalue weighted by Gasteiger charge is 2.31. The zero-order valence-corrected chi connectivity index (χ0v) is 20.0. The van der Waals surface area contributed by atoms with Crippen LogP contribution in [-0.2, 0) is 14.3 Å². The smallest absolute Gasteiger partial charge is 0.407 e. The second-order valence-corrected chi connectivity index (χ2v) is 9.19. The molecule has 0 radical (unpaired) electrons. The van der Waals surface area contributed by atoms with Crippen LogP contribution in [0.4, 0.5) is 4.79 Å². The molecule has 0 aromatic heterocycles. The Morgan fingerprint density at radius 3 is 2.06 bits per heavy atom. The number of rotatable bonds is 11. The summed E-state index contributed by atoms with van der Waals surface area (Å²) in [7, 11) is 0. The highest BCUT2D eigenvalue weighted by atomic mass is 16.5. The highest BCUT2D eigenvalue weighted by molar-refractivity contribution is 5.89. The normalized spacial score (nSPS) is 14.1. The Balaban J connectivity index is 1.65. The lowest BCUT2D eigenvalue weighted by Crippen LogP contribution is -2.52. The first kappa shape index (κ1) is 25.3. The van der Waals surface area contributed by atoms with Crippen molar-refractivity contribution in [2.45, 2.75) is 64.5 Å². The lowest BCUT2D eigenvalue weighted by molar-refractivity contribution is -0.142. The maximum absolute atomic E-state index is 12.8. The Morgan fingerprint density at radius 2 is 1.53 bits per heavy atom. The number of amides is 2. The van der Waals surface area contributed by atoms with Crippen molar-refractivity contribution in [3.05, 3.63) is 59.7 Å². The van der Waals surface area contributed by atoms with Crippen LogP contribution in [0.2, 0.25) is 0 Å². The zero-order valence-electron chi connectivity index (χ0n) is 20.0. The molecule has 182 valence electrons. The van der Waals surface area contributed by atoms with Gasteiger partial charge in [-0.25, -0.2) is 9.59 Å². The first-order valence-corrected chi connectivity index (χ1v) is 12.0. The molecule has 3 N–H and O–H groups in total. The topological polar surface area (TPSA) is 105 Å². The number of carboxylic acid groups (broad SMARTS) is 1.